The van der Waals surface area contributed by atoms with Gasteiger partial charge in [-0.15, -0.1) is 0 Å². The summed E-state index contributed by atoms with van der Waals surface area (Å²) in [4.78, 5) is 14.8. The van der Waals surface area contributed by atoms with Gasteiger partial charge in [0.2, 0.25) is 0 Å². The molecule has 3 nitrogen and oxygen atoms in total. The highest BCUT2D eigenvalue weighted by Crippen LogP contribution is 2.38. The molecule has 1 aromatic carbocycles. The van der Waals surface area contributed by atoms with Gasteiger partial charge in [0.15, 0.2) is 0 Å². The lowest BCUT2D eigenvalue weighted by Gasteiger charge is -2.44. The van der Waals surface area contributed by atoms with Crippen LogP contribution in [0.4, 0.5) is 4.79 Å². The third-order valence-corrected chi connectivity index (χ3v) is 6.41. The molecule has 140 valence electrons. The molecule has 2 atom stereocenters. The summed E-state index contributed by atoms with van der Waals surface area (Å²) >= 11 is 0. The van der Waals surface area contributed by atoms with Gasteiger partial charge in [-0.1, -0.05) is 74.1 Å². The van der Waals surface area contributed by atoms with Gasteiger partial charge in [0.1, 0.15) is 6.61 Å². The van der Waals surface area contributed by atoms with Crippen LogP contribution in [0.25, 0.3) is 0 Å². The van der Waals surface area contributed by atoms with Crippen molar-refractivity contribution < 1.29 is 9.53 Å². The average molecular weight is 354 g/mol. The van der Waals surface area contributed by atoms with Gasteiger partial charge < -0.3 is 4.74 Å². The summed E-state index contributed by atoms with van der Waals surface area (Å²) in [5, 5.41) is 0. The summed E-state index contributed by atoms with van der Waals surface area (Å²) in [5.74, 6) is 0.882. The van der Waals surface area contributed by atoms with Crippen LogP contribution in [0.15, 0.2) is 42.0 Å². The predicted molar refractivity (Wildman–Crippen MR) is 104 cm³/mol. The zero-order valence-electron chi connectivity index (χ0n) is 15.7. The second kappa shape index (κ2) is 8.28. The quantitative estimate of drug-likeness (QED) is 0.636. The molecule has 0 spiro atoms. The number of piperidine rings is 1. The summed E-state index contributed by atoms with van der Waals surface area (Å²) in [6.07, 6.45) is 15.1. The van der Waals surface area contributed by atoms with Crippen molar-refractivity contribution in [3.05, 3.63) is 47.5 Å². The van der Waals surface area contributed by atoms with Crippen molar-refractivity contribution in [2.24, 2.45) is 5.92 Å². The highest BCUT2D eigenvalue weighted by Gasteiger charge is 2.38. The third kappa shape index (κ3) is 4.13. The SMILES string of the molecule is O=C(OCc1ccccc1)N1C2C=C(CC3CCCCC3)CC1CCC2. The van der Waals surface area contributed by atoms with E-state index in [0.29, 0.717) is 12.6 Å². The minimum atomic E-state index is -0.128. The Bertz CT molecular complexity index is 633. The second-order valence-electron chi connectivity index (χ2n) is 8.34. The Labute approximate surface area is 157 Å². The number of rotatable bonds is 4. The molecule has 1 aliphatic carbocycles. The molecule has 26 heavy (non-hydrogen) atoms. The Hall–Kier alpha value is -1.77. The number of fused-ring (bicyclic) bond motifs is 2. The van der Waals surface area contributed by atoms with E-state index in [1.165, 1.54) is 44.9 Å². The van der Waals surface area contributed by atoms with E-state index in [1.54, 1.807) is 5.57 Å². The van der Waals surface area contributed by atoms with Crippen molar-refractivity contribution in [2.75, 3.05) is 0 Å². The normalized spacial score (nSPS) is 26.3. The van der Waals surface area contributed by atoms with Crippen LogP contribution in [0.2, 0.25) is 0 Å². The lowest BCUT2D eigenvalue weighted by molar-refractivity contribution is 0.0475. The lowest BCUT2D eigenvalue weighted by atomic mass is 9.79. The molecule has 2 bridgehead atoms. The fraction of sp³-hybridized carbons (Fsp3) is 0.609. The Morgan fingerprint density at radius 3 is 2.58 bits per heavy atom. The predicted octanol–water partition coefficient (Wildman–Crippen LogP) is 5.85. The molecule has 1 saturated carbocycles. The van der Waals surface area contributed by atoms with Crippen LogP contribution in [-0.2, 0) is 11.3 Å². The summed E-state index contributed by atoms with van der Waals surface area (Å²) < 4.78 is 5.65. The smallest absolute Gasteiger partial charge is 0.410 e. The van der Waals surface area contributed by atoms with Crippen LogP contribution >= 0.6 is 0 Å². The van der Waals surface area contributed by atoms with Gasteiger partial charge in [-0.2, -0.15) is 0 Å². The fourth-order valence-corrected chi connectivity index (χ4v) is 5.11. The highest BCUT2D eigenvalue weighted by atomic mass is 16.6. The summed E-state index contributed by atoms with van der Waals surface area (Å²) in [6.45, 7) is 0.369. The third-order valence-electron chi connectivity index (χ3n) is 6.41. The minimum Gasteiger partial charge on any atom is -0.445 e. The largest absolute Gasteiger partial charge is 0.445 e. The van der Waals surface area contributed by atoms with Crippen molar-refractivity contribution in [3.8, 4) is 0 Å². The zero-order valence-corrected chi connectivity index (χ0v) is 15.7. The Kier molecular flexibility index (Phi) is 5.62. The van der Waals surface area contributed by atoms with Crippen molar-refractivity contribution >= 4 is 6.09 Å². The topological polar surface area (TPSA) is 29.5 Å². The number of hydrogen-bond acceptors (Lipinski definition) is 2. The van der Waals surface area contributed by atoms with Crippen LogP contribution in [0, 0.1) is 5.92 Å². The molecule has 0 N–H and O–H groups in total. The van der Waals surface area contributed by atoms with E-state index in [9.17, 15) is 4.79 Å². The molecule has 3 aliphatic rings. The van der Waals surface area contributed by atoms with Crippen LogP contribution in [0.5, 0.6) is 0 Å². The number of hydrogen-bond donors (Lipinski definition) is 0. The summed E-state index contributed by atoms with van der Waals surface area (Å²) in [5.41, 5.74) is 2.66. The maximum atomic E-state index is 12.8. The van der Waals surface area contributed by atoms with E-state index in [1.807, 2.05) is 35.2 Å². The van der Waals surface area contributed by atoms with E-state index >= 15 is 0 Å². The van der Waals surface area contributed by atoms with Crippen molar-refractivity contribution in [3.63, 3.8) is 0 Å². The molecule has 1 amide bonds. The first kappa shape index (κ1) is 17.6. The van der Waals surface area contributed by atoms with Crippen LogP contribution in [-0.4, -0.2) is 23.1 Å². The van der Waals surface area contributed by atoms with Crippen molar-refractivity contribution in [2.45, 2.75) is 82.9 Å². The zero-order chi connectivity index (χ0) is 17.8. The van der Waals surface area contributed by atoms with Gasteiger partial charge in [-0.25, -0.2) is 4.79 Å². The molecule has 3 heteroatoms. The molecule has 2 aliphatic heterocycles. The Balaban J connectivity index is 1.38. The van der Waals surface area contributed by atoms with Crippen LogP contribution < -0.4 is 0 Å². The average Bonchev–Trinajstić information content (AvgIpc) is 2.67. The van der Waals surface area contributed by atoms with Gasteiger partial charge in [-0.3, -0.25) is 4.90 Å². The van der Waals surface area contributed by atoms with Gasteiger partial charge in [0, 0.05) is 6.04 Å². The van der Waals surface area contributed by atoms with E-state index in [4.69, 9.17) is 4.74 Å². The standard InChI is InChI=1S/C23H31NO2/c25-23(26-17-19-10-5-2-6-11-19)24-21-12-7-13-22(24)16-20(15-21)14-18-8-3-1-4-9-18/h2,5-6,10-11,15,18,21-22H,1,3-4,7-9,12-14,16-17H2. The number of carbonyl (C=O) groups is 1. The molecule has 1 saturated heterocycles. The Morgan fingerprint density at radius 1 is 1.00 bits per heavy atom. The van der Waals surface area contributed by atoms with E-state index in [0.717, 1.165) is 30.7 Å². The monoisotopic (exact) mass is 353 g/mol. The van der Waals surface area contributed by atoms with Gasteiger partial charge in [-0.05, 0) is 43.6 Å². The Morgan fingerprint density at radius 2 is 1.81 bits per heavy atom. The number of benzene rings is 1. The van der Waals surface area contributed by atoms with Crippen LogP contribution in [0.1, 0.15) is 69.8 Å². The molecule has 1 aromatic rings. The molecular formula is C23H31NO2. The first-order chi connectivity index (χ1) is 12.8. The first-order valence-corrected chi connectivity index (χ1v) is 10.5. The molecule has 2 heterocycles. The molecule has 4 rings (SSSR count). The van der Waals surface area contributed by atoms with Crippen molar-refractivity contribution in [1.82, 2.24) is 4.90 Å². The summed E-state index contributed by atoms with van der Waals surface area (Å²) in [7, 11) is 0. The molecular weight excluding hydrogens is 322 g/mol. The van der Waals surface area contributed by atoms with Gasteiger partial charge in [0.05, 0.1) is 6.04 Å². The van der Waals surface area contributed by atoms with Crippen LogP contribution in [0.3, 0.4) is 0 Å². The minimum absolute atomic E-state index is 0.128. The van der Waals surface area contributed by atoms with Crippen molar-refractivity contribution in [1.29, 1.82) is 0 Å². The maximum Gasteiger partial charge on any atom is 0.410 e. The fourth-order valence-electron chi connectivity index (χ4n) is 5.11. The molecule has 2 fully saturated rings. The number of carbonyl (C=O) groups excluding carboxylic acids is 1. The van der Waals surface area contributed by atoms with E-state index < -0.39 is 0 Å². The first-order valence-electron chi connectivity index (χ1n) is 10.5. The number of ether oxygens (including phenoxy) is 1. The van der Waals surface area contributed by atoms with E-state index in [2.05, 4.69) is 6.08 Å². The van der Waals surface area contributed by atoms with Gasteiger partial charge >= 0.3 is 6.09 Å². The number of nitrogens with zero attached hydrogens (tertiary/aromatic N) is 1. The molecule has 0 radical (unpaired) electrons. The molecule has 2 unspecified atom stereocenters. The second-order valence-corrected chi connectivity index (χ2v) is 8.34. The lowest BCUT2D eigenvalue weighted by Crippen LogP contribution is -2.52. The number of amides is 1. The molecule has 0 aromatic heterocycles. The van der Waals surface area contributed by atoms with E-state index in [-0.39, 0.29) is 12.1 Å². The maximum absolute atomic E-state index is 12.8. The summed E-state index contributed by atoms with van der Waals surface area (Å²) in [6, 6.07) is 10.6. The van der Waals surface area contributed by atoms with Gasteiger partial charge in [0.25, 0.3) is 0 Å². The highest BCUT2D eigenvalue weighted by molar-refractivity contribution is 5.69.